The summed E-state index contributed by atoms with van der Waals surface area (Å²) in [6.07, 6.45) is 3.58. The minimum Gasteiger partial charge on any atom is -0.369 e. The molecule has 1 aromatic carbocycles. The number of benzene rings is 1. The summed E-state index contributed by atoms with van der Waals surface area (Å²) in [6, 6.07) is 6.74. The summed E-state index contributed by atoms with van der Waals surface area (Å²) >= 11 is 0. The summed E-state index contributed by atoms with van der Waals surface area (Å²) < 4.78 is 14.8. The van der Waals surface area contributed by atoms with E-state index in [1.807, 2.05) is 23.0 Å². The number of hydrogen-bond donors (Lipinski definition) is 0. The molecule has 1 aliphatic heterocycles. The first-order valence-electron chi connectivity index (χ1n) is 6.88. The molecule has 6 heteroatoms. The zero-order valence-electron chi connectivity index (χ0n) is 11.3. The van der Waals surface area contributed by atoms with Gasteiger partial charge in [-0.05, 0) is 24.3 Å². The third-order valence-electron chi connectivity index (χ3n) is 3.68. The summed E-state index contributed by atoms with van der Waals surface area (Å²) in [5.41, 5.74) is 1.10. The Hall–Kier alpha value is -1.95. The van der Waals surface area contributed by atoms with Crippen molar-refractivity contribution in [2.75, 3.05) is 37.6 Å². The second-order valence-corrected chi connectivity index (χ2v) is 4.97. The molecule has 2 heterocycles. The average Bonchev–Trinajstić information content (AvgIpc) is 3.00. The van der Waals surface area contributed by atoms with Gasteiger partial charge in [-0.15, -0.1) is 5.10 Å². The molecule has 0 aliphatic carbocycles. The molecular weight excluding hydrogens is 257 g/mol. The Morgan fingerprint density at radius 2 is 1.75 bits per heavy atom. The van der Waals surface area contributed by atoms with Gasteiger partial charge < -0.3 is 4.90 Å². The van der Waals surface area contributed by atoms with Crippen molar-refractivity contribution in [2.45, 2.75) is 6.54 Å². The fourth-order valence-electron chi connectivity index (χ4n) is 2.48. The Kier molecular flexibility index (Phi) is 3.92. The number of aromatic nitrogens is 3. The highest BCUT2D eigenvalue weighted by atomic mass is 19.1. The van der Waals surface area contributed by atoms with Crippen LogP contribution in [0, 0.1) is 5.82 Å². The second kappa shape index (κ2) is 6.00. The van der Waals surface area contributed by atoms with E-state index >= 15 is 0 Å². The van der Waals surface area contributed by atoms with Crippen LogP contribution in [-0.2, 0) is 6.54 Å². The highest BCUT2D eigenvalue weighted by Gasteiger charge is 2.16. The monoisotopic (exact) mass is 275 g/mol. The third-order valence-corrected chi connectivity index (χ3v) is 3.68. The summed E-state index contributed by atoms with van der Waals surface area (Å²) in [5, 5.41) is 7.77. The van der Waals surface area contributed by atoms with Gasteiger partial charge in [0.25, 0.3) is 0 Å². The van der Waals surface area contributed by atoms with E-state index < -0.39 is 0 Å². The third kappa shape index (κ3) is 3.14. The number of piperazine rings is 1. The minimum atomic E-state index is -0.180. The van der Waals surface area contributed by atoms with Gasteiger partial charge in [0.05, 0.1) is 12.7 Å². The van der Waals surface area contributed by atoms with Crippen LogP contribution in [0.3, 0.4) is 0 Å². The Morgan fingerprint density at radius 1 is 1.00 bits per heavy atom. The van der Waals surface area contributed by atoms with Gasteiger partial charge >= 0.3 is 0 Å². The largest absolute Gasteiger partial charge is 0.369 e. The second-order valence-electron chi connectivity index (χ2n) is 4.97. The highest BCUT2D eigenvalue weighted by Crippen LogP contribution is 2.16. The van der Waals surface area contributed by atoms with Crippen molar-refractivity contribution in [3.8, 4) is 0 Å². The molecule has 0 radical (unpaired) electrons. The first-order chi connectivity index (χ1) is 9.81. The molecule has 0 bridgehead atoms. The fraction of sp³-hybridized carbons (Fsp3) is 0.429. The van der Waals surface area contributed by atoms with Gasteiger partial charge in [0.1, 0.15) is 5.82 Å². The van der Waals surface area contributed by atoms with E-state index in [2.05, 4.69) is 20.1 Å². The lowest BCUT2D eigenvalue weighted by molar-refractivity contribution is 0.244. The van der Waals surface area contributed by atoms with Crippen molar-refractivity contribution in [3.05, 3.63) is 42.5 Å². The van der Waals surface area contributed by atoms with E-state index in [-0.39, 0.29) is 5.82 Å². The van der Waals surface area contributed by atoms with Gasteiger partial charge in [0.2, 0.25) is 0 Å². The highest BCUT2D eigenvalue weighted by molar-refractivity contribution is 5.46. The topological polar surface area (TPSA) is 37.2 Å². The van der Waals surface area contributed by atoms with E-state index in [9.17, 15) is 4.39 Å². The van der Waals surface area contributed by atoms with E-state index in [1.54, 1.807) is 6.20 Å². The molecule has 106 valence electrons. The lowest BCUT2D eigenvalue weighted by Gasteiger charge is -2.36. The van der Waals surface area contributed by atoms with Gasteiger partial charge in [-0.2, -0.15) is 0 Å². The summed E-state index contributed by atoms with van der Waals surface area (Å²) in [4.78, 5) is 4.72. The first kappa shape index (κ1) is 13.1. The normalized spacial score (nSPS) is 16.6. The molecule has 0 unspecified atom stereocenters. The fourth-order valence-corrected chi connectivity index (χ4v) is 2.48. The quantitative estimate of drug-likeness (QED) is 0.841. The molecule has 5 nitrogen and oxygen atoms in total. The van der Waals surface area contributed by atoms with Crippen molar-refractivity contribution >= 4 is 5.69 Å². The van der Waals surface area contributed by atoms with E-state index in [4.69, 9.17) is 0 Å². The van der Waals surface area contributed by atoms with Gasteiger partial charge in [0.15, 0.2) is 0 Å². The number of anilines is 1. The lowest BCUT2D eigenvalue weighted by atomic mass is 10.2. The standard InChI is InChI=1S/C14H18FN5/c15-13-1-3-14(4-2-13)19-10-7-18(8-11-19)9-12-20-6-5-16-17-20/h1-6H,7-12H2. The van der Waals surface area contributed by atoms with Crippen molar-refractivity contribution in [2.24, 2.45) is 0 Å². The molecule has 20 heavy (non-hydrogen) atoms. The average molecular weight is 275 g/mol. The molecule has 0 amide bonds. The predicted octanol–water partition coefficient (Wildman–Crippen LogP) is 1.24. The molecule has 1 aromatic heterocycles. The van der Waals surface area contributed by atoms with Crippen molar-refractivity contribution in [3.63, 3.8) is 0 Å². The number of halogens is 1. The van der Waals surface area contributed by atoms with Crippen molar-refractivity contribution < 1.29 is 4.39 Å². The zero-order valence-corrected chi connectivity index (χ0v) is 11.3. The Morgan fingerprint density at radius 3 is 2.40 bits per heavy atom. The number of hydrogen-bond acceptors (Lipinski definition) is 4. The van der Waals surface area contributed by atoms with Crippen LogP contribution in [0.15, 0.2) is 36.7 Å². The molecule has 2 aromatic rings. The Labute approximate surface area is 117 Å². The molecule has 3 rings (SSSR count). The minimum absolute atomic E-state index is 0.180. The summed E-state index contributed by atoms with van der Waals surface area (Å²) in [6.45, 7) is 5.85. The van der Waals surface area contributed by atoms with E-state index in [0.29, 0.717) is 0 Å². The van der Waals surface area contributed by atoms with Crippen LogP contribution in [0.4, 0.5) is 10.1 Å². The van der Waals surface area contributed by atoms with Crippen molar-refractivity contribution in [1.29, 1.82) is 0 Å². The number of rotatable bonds is 4. The van der Waals surface area contributed by atoms with Gasteiger partial charge in [-0.3, -0.25) is 9.58 Å². The van der Waals surface area contributed by atoms with Crippen LogP contribution in [0.1, 0.15) is 0 Å². The van der Waals surface area contributed by atoms with Crippen LogP contribution in [0.2, 0.25) is 0 Å². The summed E-state index contributed by atoms with van der Waals surface area (Å²) in [7, 11) is 0. The molecule has 1 fully saturated rings. The van der Waals surface area contributed by atoms with E-state index in [1.165, 1.54) is 12.1 Å². The van der Waals surface area contributed by atoms with Gasteiger partial charge in [-0.25, -0.2) is 4.39 Å². The van der Waals surface area contributed by atoms with Crippen LogP contribution in [0.5, 0.6) is 0 Å². The van der Waals surface area contributed by atoms with Crippen LogP contribution < -0.4 is 4.90 Å². The van der Waals surface area contributed by atoms with Crippen LogP contribution >= 0.6 is 0 Å². The molecule has 0 spiro atoms. The first-order valence-corrected chi connectivity index (χ1v) is 6.88. The smallest absolute Gasteiger partial charge is 0.123 e. The van der Waals surface area contributed by atoms with Crippen LogP contribution in [-0.4, -0.2) is 52.6 Å². The molecule has 1 saturated heterocycles. The molecule has 0 saturated carbocycles. The Balaban J connectivity index is 1.48. The molecule has 1 aliphatic rings. The zero-order chi connectivity index (χ0) is 13.8. The van der Waals surface area contributed by atoms with Crippen molar-refractivity contribution in [1.82, 2.24) is 19.9 Å². The van der Waals surface area contributed by atoms with Gasteiger partial charge in [0, 0.05) is 44.6 Å². The molecule has 0 N–H and O–H groups in total. The molecule has 0 atom stereocenters. The maximum Gasteiger partial charge on any atom is 0.123 e. The van der Waals surface area contributed by atoms with Gasteiger partial charge in [-0.1, -0.05) is 5.21 Å². The Bertz CT molecular complexity index is 517. The SMILES string of the molecule is Fc1ccc(N2CCN(CCn3ccnn3)CC2)cc1. The van der Waals surface area contributed by atoms with Crippen LogP contribution in [0.25, 0.3) is 0 Å². The predicted molar refractivity (Wildman–Crippen MR) is 75.1 cm³/mol. The number of nitrogens with zero attached hydrogens (tertiary/aromatic N) is 5. The maximum atomic E-state index is 12.9. The lowest BCUT2D eigenvalue weighted by Crippen LogP contribution is -2.47. The maximum absolute atomic E-state index is 12.9. The van der Waals surface area contributed by atoms with E-state index in [0.717, 1.165) is 45.0 Å². The summed E-state index contributed by atoms with van der Waals surface area (Å²) in [5.74, 6) is -0.180. The molecular formula is C14H18FN5.